The molecule has 0 bridgehead atoms. The quantitative estimate of drug-likeness (QED) is 0.764. The van der Waals surface area contributed by atoms with Gasteiger partial charge in [-0.05, 0) is 69.6 Å². The van der Waals surface area contributed by atoms with E-state index in [9.17, 15) is 9.90 Å². The van der Waals surface area contributed by atoms with Gasteiger partial charge in [0.25, 0.3) is 0 Å². The highest BCUT2D eigenvalue weighted by Gasteiger charge is 2.43. The monoisotopic (exact) mass is 292 g/mol. The topological polar surface area (TPSA) is 37.3 Å². The van der Waals surface area contributed by atoms with Crippen molar-refractivity contribution in [3.8, 4) is 0 Å². The van der Waals surface area contributed by atoms with Gasteiger partial charge in [0.1, 0.15) is 5.78 Å². The summed E-state index contributed by atoms with van der Waals surface area (Å²) in [5.41, 5.74) is -0.596. The molecule has 0 amide bonds. The van der Waals surface area contributed by atoms with Crippen molar-refractivity contribution in [2.45, 2.75) is 71.8 Å². The third kappa shape index (κ3) is 4.42. The Bertz CT molecular complexity index is 391. The van der Waals surface area contributed by atoms with Crippen molar-refractivity contribution in [3.05, 3.63) is 12.2 Å². The summed E-state index contributed by atoms with van der Waals surface area (Å²) in [5, 5.41) is 9.88. The minimum absolute atomic E-state index is 0.369. The summed E-state index contributed by atoms with van der Waals surface area (Å²) in [5.74, 6) is 3.17. The number of aliphatic hydroxyl groups is 1. The molecule has 5 atom stereocenters. The molecule has 0 saturated heterocycles. The van der Waals surface area contributed by atoms with Crippen molar-refractivity contribution in [1.29, 1.82) is 0 Å². The predicted molar refractivity (Wildman–Crippen MR) is 86.9 cm³/mol. The Labute approximate surface area is 130 Å². The molecular formula is C19H32O2. The summed E-state index contributed by atoms with van der Waals surface area (Å²) in [6, 6.07) is 0. The molecule has 2 aliphatic carbocycles. The number of fused-ring (bicyclic) bond motifs is 1. The van der Waals surface area contributed by atoms with Crippen LogP contribution >= 0.6 is 0 Å². The van der Waals surface area contributed by atoms with Gasteiger partial charge in [0, 0.05) is 12.3 Å². The molecule has 2 heteroatoms. The maximum Gasteiger partial charge on any atom is 0.136 e. The van der Waals surface area contributed by atoms with Crippen LogP contribution in [0.1, 0.15) is 66.2 Å². The van der Waals surface area contributed by atoms with Crippen LogP contribution in [0.4, 0.5) is 0 Å². The molecule has 1 unspecified atom stereocenters. The minimum Gasteiger partial charge on any atom is -0.390 e. The second kappa shape index (κ2) is 6.64. The van der Waals surface area contributed by atoms with Crippen LogP contribution in [0.15, 0.2) is 12.2 Å². The van der Waals surface area contributed by atoms with Gasteiger partial charge >= 0.3 is 0 Å². The maximum atomic E-state index is 12.0. The normalized spacial score (nSPS) is 33.2. The Morgan fingerprint density at radius 1 is 1.24 bits per heavy atom. The van der Waals surface area contributed by atoms with Gasteiger partial charge in [0.05, 0.1) is 5.60 Å². The predicted octanol–water partition coefficient (Wildman–Crippen LogP) is 4.37. The van der Waals surface area contributed by atoms with Gasteiger partial charge in [0.2, 0.25) is 0 Å². The molecule has 2 nitrogen and oxygen atoms in total. The first kappa shape index (κ1) is 16.7. The fourth-order valence-electron chi connectivity index (χ4n) is 4.63. The van der Waals surface area contributed by atoms with E-state index in [0.717, 1.165) is 25.7 Å². The van der Waals surface area contributed by atoms with Crippen molar-refractivity contribution in [3.63, 3.8) is 0 Å². The molecule has 0 heterocycles. The highest BCUT2D eigenvalue weighted by atomic mass is 16.3. The molecule has 0 spiro atoms. The number of carbonyl (C=O) groups is 1. The number of hydrogen-bond acceptors (Lipinski definition) is 2. The van der Waals surface area contributed by atoms with Gasteiger partial charge in [0.15, 0.2) is 0 Å². The molecule has 2 rings (SSSR count). The van der Waals surface area contributed by atoms with Crippen LogP contribution in [0.2, 0.25) is 0 Å². The van der Waals surface area contributed by atoms with Crippen molar-refractivity contribution in [2.75, 3.05) is 0 Å². The molecule has 2 fully saturated rings. The third-order valence-electron chi connectivity index (χ3n) is 5.49. The number of allylic oxidation sites excluding steroid dienone is 2. The molecule has 2 saturated carbocycles. The van der Waals surface area contributed by atoms with Crippen LogP contribution in [0, 0.1) is 29.6 Å². The summed E-state index contributed by atoms with van der Waals surface area (Å²) in [7, 11) is 0. The second-order valence-corrected chi connectivity index (χ2v) is 8.11. The molecule has 0 aromatic carbocycles. The van der Waals surface area contributed by atoms with Crippen LogP contribution in [0.5, 0.6) is 0 Å². The van der Waals surface area contributed by atoms with Gasteiger partial charge < -0.3 is 5.11 Å². The summed E-state index contributed by atoms with van der Waals surface area (Å²) in [4.78, 5) is 12.0. The van der Waals surface area contributed by atoms with E-state index >= 15 is 0 Å². The Morgan fingerprint density at radius 3 is 2.62 bits per heavy atom. The van der Waals surface area contributed by atoms with Gasteiger partial charge in [-0.15, -0.1) is 0 Å². The van der Waals surface area contributed by atoms with Crippen LogP contribution in [0.25, 0.3) is 0 Å². The molecule has 0 aromatic rings. The number of rotatable bonds is 5. The van der Waals surface area contributed by atoms with E-state index in [0.29, 0.717) is 35.4 Å². The zero-order chi connectivity index (χ0) is 15.6. The lowest BCUT2D eigenvalue weighted by molar-refractivity contribution is -0.126. The molecular weight excluding hydrogens is 260 g/mol. The first-order valence-corrected chi connectivity index (χ1v) is 8.71. The average molecular weight is 292 g/mol. The van der Waals surface area contributed by atoms with E-state index in [1.54, 1.807) is 0 Å². The fraction of sp³-hybridized carbons (Fsp3) is 0.842. The molecule has 0 radical (unpaired) electrons. The van der Waals surface area contributed by atoms with Crippen molar-refractivity contribution in [2.24, 2.45) is 29.6 Å². The van der Waals surface area contributed by atoms with E-state index in [1.807, 2.05) is 13.8 Å². The zero-order valence-corrected chi connectivity index (χ0v) is 14.1. The fourth-order valence-corrected chi connectivity index (χ4v) is 4.63. The molecule has 0 aliphatic heterocycles. The lowest BCUT2D eigenvalue weighted by atomic mass is 9.73. The summed E-state index contributed by atoms with van der Waals surface area (Å²) >= 11 is 0. The molecule has 1 N–H and O–H groups in total. The van der Waals surface area contributed by atoms with E-state index < -0.39 is 5.60 Å². The minimum atomic E-state index is -0.596. The zero-order valence-electron chi connectivity index (χ0n) is 14.1. The second-order valence-electron chi connectivity index (χ2n) is 8.11. The Hall–Kier alpha value is -0.630. The smallest absolute Gasteiger partial charge is 0.136 e. The lowest BCUT2D eigenvalue weighted by Gasteiger charge is -2.30. The van der Waals surface area contributed by atoms with Crippen molar-refractivity contribution >= 4 is 5.78 Å². The largest absolute Gasteiger partial charge is 0.390 e. The molecule has 2 aliphatic rings. The first-order chi connectivity index (χ1) is 9.78. The average Bonchev–Trinajstić information content (AvgIpc) is 2.79. The molecule has 21 heavy (non-hydrogen) atoms. The van der Waals surface area contributed by atoms with E-state index in [4.69, 9.17) is 0 Å². The lowest BCUT2D eigenvalue weighted by Crippen LogP contribution is -2.29. The standard InChI is InChI=1S/C19H32O2/c1-13(12-19(3,4)21)8-9-14(2)15-10-11-17-16(15)6-5-7-18(17)20/h8-9,13-17,21H,5-7,10-12H2,1-4H3/b9-8+/t13-,14-,15?,16+,17+/m0/s1. The summed E-state index contributed by atoms with van der Waals surface area (Å²) in [6.45, 7) is 8.22. The van der Waals surface area contributed by atoms with E-state index in [1.165, 1.54) is 12.8 Å². The summed E-state index contributed by atoms with van der Waals surface area (Å²) < 4.78 is 0. The Kier molecular flexibility index (Phi) is 5.29. The van der Waals surface area contributed by atoms with Gasteiger partial charge in [-0.2, -0.15) is 0 Å². The number of hydrogen-bond donors (Lipinski definition) is 1. The Balaban J connectivity index is 1.91. The highest BCUT2D eigenvalue weighted by Crippen LogP contribution is 2.47. The van der Waals surface area contributed by atoms with Crippen LogP contribution in [-0.2, 0) is 4.79 Å². The van der Waals surface area contributed by atoms with E-state index in [-0.39, 0.29) is 0 Å². The molecule has 120 valence electrons. The maximum absolute atomic E-state index is 12.0. The van der Waals surface area contributed by atoms with Crippen molar-refractivity contribution < 1.29 is 9.90 Å². The number of carbonyl (C=O) groups excluding carboxylic acids is 1. The third-order valence-corrected chi connectivity index (χ3v) is 5.49. The van der Waals surface area contributed by atoms with Gasteiger partial charge in [-0.3, -0.25) is 4.79 Å². The SMILES string of the molecule is C[C@@H](/C=C/[C@H](C)C1CC[C@H]2C(=O)CCC[C@H]12)CC(C)(C)O. The number of Topliss-reactive ketones (excluding diaryl/α,β-unsaturated/α-hetero) is 1. The van der Waals surface area contributed by atoms with Crippen LogP contribution in [-0.4, -0.2) is 16.5 Å². The van der Waals surface area contributed by atoms with Crippen LogP contribution in [0.3, 0.4) is 0 Å². The van der Waals surface area contributed by atoms with Crippen LogP contribution < -0.4 is 0 Å². The van der Waals surface area contributed by atoms with Gasteiger partial charge in [-0.1, -0.05) is 26.0 Å². The Morgan fingerprint density at radius 2 is 1.95 bits per heavy atom. The molecule has 0 aromatic heterocycles. The van der Waals surface area contributed by atoms with Gasteiger partial charge in [-0.25, -0.2) is 0 Å². The van der Waals surface area contributed by atoms with Crippen molar-refractivity contribution in [1.82, 2.24) is 0 Å². The summed E-state index contributed by atoms with van der Waals surface area (Å²) in [6.07, 6.45) is 10.9. The highest BCUT2D eigenvalue weighted by molar-refractivity contribution is 5.82. The van der Waals surface area contributed by atoms with E-state index in [2.05, 4.69) is 26.0 Å². The first-order valence-electron chi connectivity index (χ1n) is 8.71. The number of ketones is 1.